The quantitative estimate of drug-likeness (QED) is 0.224. The van der Waals surface area contributed by atoms with Gasteiger partial charge in [0.2, 0.25) is 5.91 Å². The van der Waals surface area contributed by atoms with E-state index in [0.717, 1.165) is 35.7 Å². The average Bonchev–Trinajstić information content (AvgIpc) is 3.56. The number of carbonyl (C=O) groups excluding carboxylic acids is 1. The van der Waals surface area contributed by atoms with E-state index >= 15 is 0 Å². The van der Waals surface area contributed by atoms with Crippen LogP contribution in [0.25, 0.3) is 0 Å². The van der Waals surface area contributed by atoms with Gasteiger partial charge in [-0.05, 0) is 65.9 Å². The molecule has 2 unspecified atom stereocenters. The van der Waals surface area contributed by atoms with Crippen LogP contribution in [0.15, 0.2) is 107 Å². The van der Waals surface area contributed by atoms with Crippen LogP contribution in [0.5, 0.6) is 5.75 Å². The monoisotopic (exact) mass is 555 g/mol. The molecule has 2 atom stereocenters. The van der Waals surface area contributed by atoms with E-state index in [1.807, 2.05) is 30.3 Å². The molecule has 6 nitrogen and oxygen atoms in total. The third-order valence-corrected chi connectivity index (χ3v) is 7.77. The van der Waals surface area contributed by atoms with Gasteiger partial charge in [-0.15, -0.1) is 0 Å². The lowest BCUT2D eigenvalue weighted by Gasteiger charge is -2.22. The number of hydrogen-bond acceptors (Lipinski definition) is 5. The van der Waals surface area contributed by atoms with Crippen LogP contribution in [-0.2, 0) is 34.2 Å². The predicted octanol–water partition coefficient (Wildman–Crippen LogP) is 6.40. The first-order valence-corrected chi connectivity index (χ1v) is 13.6. The molecule has 39 heavy (non-hydrogen) atoms. The minimum Gasteiger partial charge on any atom is -0.467 e. The summed E-state index contributed by atoms with van der Waals surface area (Å²) in [5.41, 5.74) is 0.752. The molecule has 1 fully saturated rings. The van der Waals surface area contributed by atoms with Crippen molar-refractivity contribution in [2.45, 2.75) is 36.5 Å². The Balaban J connectivity index is 1.29. The molecule has 0 N–H and O–H groups in total. The van der Waals surface area contributed by atoms with Crippen LogP contribution >= 0.6 is 0 Å². The topological polar surface area (TPSA) is 76.8 Å². The summed E-state index contributed by atoms with van der Waals surface area (Å²) in [7, 11) is -4.49. The Hall–Kier alpha value is -4.05. The lowest BCUT2D eigenvalue weighted by Crippen LogP contribution is -2.31. The Bertz CT molecular complexity index is 1540. The minimum atomic E-state index is -4.69. The molecule has 1 aliphatic rings. The molecule has 5 rings (SSSR count). The van der Waals surface area contributed by atoms with Crippen LogP contribution < -0.4 is 4.18 Å². The summed E-state index contributed by atoms with van der Waals surface area (Å²) in [5, 5.41) is 0. The number of furan rings is 1. The van der Waals surface area contributed by atoms with Crippen molar-refractivity contribution in [1.29, 1.82) is 0 Å². The zero-order valence-electron chi connectivity index (χ0n) is 20.5. The van der Waals surface area contributed by atoms with Crippen molar-refractivity contribution >= 4 is 16.0 Å². The Morgan fingerprint density at radius 1 is 0.923 bits per heavy atom. The highest BCUT2D eigenvalue weighted by Crippen LogP contribution is 2.48. The van der Waals surface area contributed by atoms with E-state index in [1.165, 1.54) is 12.1 Å². The zero-order valence-corrected chi connectivity index (χ0v) is 21.4. The van der Waals surface area contributed by atoms with Gasteiger partial charge in [0.1, 0.15) is 16.4 Å². The second-order valence-electron chi connectivity index (χ2n) is 9.34. The Morgan fingerprint density at radius 3 is 2.33 bits per heavy atom. The van der Waals surface area contributed by atoms with E-state index in [1.54, 1.807) is 35.4 Å². The van der Waals surface area contributed by atoms with E-state index in [4.69, 9.17) is 8.60 Å². The van der Waals surface area contributed by atoms with Gasteiger partial charge in [0, 0.05) is 12.5 Å². The van der Waals surface area contributed by atoms with Crippen molar-refractivity contribution in [2.75, 3.05) is 0 Å². The predicted molar refractivity (Wildman–Crippen MR) is 136 cm³/mol. The van der Waals surface area contributed by atoms with Crippen molar-refractivity contribution in [3.8, 4) is 5.75 Å². The average molecular weight is 556 g/mol. The van der Waals surface area contributed by atoms with Crippen molar-refractivity contribution in [3.05, 3.63) is 120 Å². The number of carbonyl (C=O) groups is 1. The maximum absolute atomic E-state index is 13.4. The number of rotatable bonds is 9. The molecule has 1 amide bonds. The van der Waals surface area contributed by atoms with Gasteiger partial charge in [-0.1, -0.05) is 48.5 Å². The lowest BCUT2D eigenvalue weighted by molar-refractivity contribution is -0.137. The molecule has 3 aromatic carbocycles. The van der Waals surface area contributed by atoms with E-state index in [0.29, 0.717) is 11.8 Å². The summed E-state index contributed by atoms with van der Waals surface area (Å²) in [4.78, 5) is 14.5. The van der Waals surface area contributed by atoms with Gasteiger partial charge in [-0.3, -0.25) is 4.79 Å². The highest BCUT2D eigenvalue weighted by Gasteiger charge is 2.45. The fourth-order valence-corrected chi connectivity index (χ4v) is 5.42. The second kappa shape index (κ2) is 10.6. The van der Waals surface area contributed by atoms with E-state index < -0.39 is 26.8 Å². The fourth-order valence-electron chi connectivity index (χ4n) is 4.45. The summed E-state index contributed by atoms with van der Waals surface area (Å²) in [5.74, 6) is 0.587. The molecule has 4 aromatic rings. The van der Waals surface area contributed by atoms with E-state index in [-0.39, 0.29) is 36.6 Å². The molecule has 0 radical (unpaired) electrons. The maximum Gasteiger partial charge on any atom is 0.416 e. The summed E-state index contributed by atoms with van der Waals surface area (Å²) >= 11 is 0. The van der Waals surface area contributed by atoms with Crippen LogP contribution in [0.2, 0.25) is 0 Å². The van der Waals surface area contributed by atoms with Crippen molar-refractivity contribution in [2.24, 2.45) is 5.92 Å². The Kier molecular flexibility index (Phi) is 7.22. The summed E-state index contributed by atoms with van der Waals surface area (Å²) < 4.78 is 74.7. The molecule has 1 aromatic heterocycles. The number of benzene rings is 3. The minimum absolute atomic E-state index is 0.00676. The number of alkyl halides is 3. The normalized spacial score (nSPS) is 17.0. The smallest absolute Gasteiger partial charge is 0.416 e. The van der Waals surface area contributed by atoms with Crippen LogP contribution in [-0.4, -0.2) is 19.2 Å². The molecule has 10 heteroatoms. The highest BCUT2D eigenvalue weighted by molar-refractivity contribution is 7.87. The van der Waals surface area contributed by atoms with Crippen LogP contribution in [0.3, 0.4) is 0 Å². The molecule has 202 valence electrons. The van der Waals surface area contributed by atoms with Gasteiger partial charge in [-0.2, -0.15) is 21.6 Å². The summed E-state index contributed by atoms with van der Waals surface area (Å²) in [6.07, 6.45) is -2.38. The first kappa shape index (κ1) is 26.6. The van der Waals surface area contributed by atoms with Crippen LogP contribution in [0.1, 0.15) is 34.8 Å². The van der Waals surface area contributed by atoms with Gasteiger partial charge in [0.25, 0.3) is 0 Å². The van der Waals surface area contributed by atoms with Gasteiger partial charge in [-0.25, -0.2) is 0 Å². The number of hydrogen-bond donors (Lipinski definition) is 0. The van der Waals surface area contributed by atoms with E-state index in [2.05, 4.69) is 0 Å². The van der Waals surface area contributed by atoms with Gasteiger partial charge < -0.3 is 13.5 Å². The summed E-state index contributed by atoms with van der Waals surface area (Å²) in [6, 6.07) is 22.8. The van der Waals surface area contributed by atoms with E-state index in [9.17, 15) is 26.4 Å². The molecule has 1 aliphatic carbocycles. The number of amides is 1. The third-order valence-electron chi connectivity index (χ3n) is 6.53. The SMILES string of the molecule is O=C(C1CC1c1ccccc1)N(Cc1ccc(OS(=O)(=O)c2cccc(C(F)(F)F)c2)cc1)Cc1ccco1. The number of nitrogens with zero attached hydrogens (tertiary/aromatic N) is 1. The Morgan fingerprint density at radius 2 is 1.67 bits per heavy atom. The Labute approximate surface area is 223 Å². The van der Waals surface area contributed by atoms with Crippen molar-refractivity contribution in [1.82, 2.24) is 4.90 Å². The largest absolute Gasteiger partial charge is 0.467 e. The standard InChI is InChI=1S/C29H24F3NO5S/c30-29(31,32)22-8-4-10-25(16-22)39(35,36)38-23-13-11-20(12-14-23)18-33(19-24-9-5-15-37-24)28(34)27-17-26(27)21-6-2-1-3-7-21/h1-16,26-27H,17-19H2. The molecule has 0 bridgehead atoms. The van der Waals surface area contributed by atoms with Crippen LogP contribution in [0, 0.1) is 5.92 Å². The maximum atomic E-state index is 13.4. The molecule has 0 aliphatic heterocycles. The fraction of sp³-hybridized carbons (Fsp3) is 0.207. The van der Waals surface area contributed by atoms with Gasteiger partial charge >= 0.3 is 16.3 Å². The van der Waals surface area contributed by atoms with Crippen molar-refractivity contribution in [3.63, 3.8) is 0 Å². The number of halogens is 3. The third kappa shape index (κ3) is 6.34. The molecule has 0 spiro atoms. The zero-order chi connectivity index (χ0) is 27.6. The molecular formula is C29H24F3NO5S. The van der Waals surface area contributed by atoms with Gasteiger partial charge in [0.05, 0.1) is 18.4 Å². The van der Waals surface area contributed by atoms with Gasteiger partial charge in [0.15, 0.2) is 0 Å². The molecular weight excluding hydrogens is 531 g/mol. The van der Waals surface area contributed by atoms with Crippen molar-refractivity contribution < 1.29 is 35.0 Å². The summed E-state index contributed by atoms with van der Waals surface area (Å²) in [6.45, 7) is 0.518. The molecule has 1 heterocycles. The lowest BCUT2D eigenvalue weighted by atomic mass is 10.1. The highest BCUT2D eigenvalue weighted by atomic mass is 32.2. The second-order valence-corrected chi connectivity index (χ2v) is 10.9. The first-order valence-electron chi connectivity index (χ1n) is 12.2. The first-order chi connectivity index (χ1) is 18.6. The molecule has 0 saturated heterocycles. The van der Waals surface area contributed by atoms with Crippen LogP contribution in [0.4, 0.5) is 13.2 Å². The molecule has 1 saturated carbocycles.